The summed E-state index contributed by atoms with van der Waals surface area (Å²) in [6.45, 7) is 1.84. The number of nitrogens with zero attached hydrogens (tertiary/aromatic N) is 2. The van der Waals surface area contributed by atoms with Crippen molar-refractivity contribution in [1.82, 2.24) is 10.4 Å². The molecule has 4 aromatic rings. The molecule has 28 heavy (non-hydrogen) atoms. The van der Waals surface area contributed by atoms with Crippen LogP contribution in [0.15, 0.2) is 76.2 Å². The Morgan fingerprint density at radius 3 is 2.68 bits per heavy atom. The number of fused-ring (bicyclic) bond motifs is 1. The fourth-order valence-electron chi connectivity index (χ4n) is 2.91. The lowest BCUT2D eigenvalue weighted by Gasteiger charge is -2.10. The summed E-state index contributed by atoms with van der Waals surface area (Å²) >= 11 is 6.32. The molecule has 1 N–H and O–H groups in total. The molecular formula is C22H16ClN3O2. The number of nitrogens with one attached hydrogen (secondary N) is 1. The number of para-hydroxylation sites is 1. The highest BCUT2D eigenvalue weighted by Gasteiger charge is 2.14. The Labute approximate surface area is 166 Å². The molecule has 0 atom stereocenters. The maximum atomic E-state index is 12.8. The molecule has 0 saturated heterocycles. The van der Waals surface area contributed by atoms with Gasteiger partial charge in [0.15, 0.2) is 0 Å². The van der Waals surface area contributed by atoms with Gasteiger partial charge in [0.25, 0.3) is 5.91 Å². The lowest BCUT2D eigenvalue weighted by atomic mass is 10.0. The zero-order chi connectivity index (χ0) is 19.5. The summed E-state index contributed by atoms with van der Waals surface area (Å²) in [6.07, 6.45) is 1.46. The second kappa shape index (κ2) is 7.66. The van der Waals surface area contributed by atoms with Crippen molar-refractivity contribution in [2.45, 2.75) is 6.92 Å². The average Bonchev–Trinajstić information content (AvgIpc) is 3.12. The minimum atomic E-state index is -0.341. The van der Waals surface area contributed by atoms with Crippen LogP contribution in [-0.2, 0) is 0 Å². The molecule has 1 amide bonds. The van der Waals surface area contributed by atoms with E-state index in [0.717, 1.165) is 16.7 Å². The van der Waals surface area contributed by atoms with Gasteiger partial charge < -0.3 is 4.42 Å². The molecule has 0 spiro atoms. The van der Waals surface area contributed by atoms with Crippen LogP contribution in [0.4, 0.5) is 0 Å². The van der Waals surface area contributed by atoms with Gasteiger partial charge in [-0.15, -0.1) is 0 Å². The minimum absolute atomic E-state index is 0.341. The number of hydrogen-bond acceptors (Lipinski definition) is 4. The Morgan fingerprint density at radius 1 is 1.11 bits per heavy atom. The summed E-state index contributed by atoms with van der Waals surface area (Å²) in [7, 11) is 0. The number of rotatable bonds is 4. The molecule has 0 fully saturated rings. The largest absolute Gasteiger partial charge is 0.460 e. The Kier molecular flexibility index (Phi) is 4.91. The van der Waals surface area contributed by atoms with Gasteiger partial charge in [-0.2, -0.15) is 5.10 Å². The molecule has 0 bridgehead atoms. The molecule has 138 valence electrons. The molecule has 0 aliphatic rings. The fourth-order valence-corrected chi connectivity index (χ4v) is 3.14. The zero-order valence-corrected chi connectivity index (χ0v) is 15.8. The van der Waals surface area contributed by atoms with Gasteiger partial charge in [0.2, 0.25) is 0 Å². The number of aryl methyl sites for hydroxylation is 1. The van der Waals surface area contributed by atoms with Gasteiger partial charge in [-0.05, 0) is 37.3 Å². The first-order valence-corrected chi connectivity index (χ1v) is 9.04. The molecule has 0 aliphatic heterocycles. The average molecular weight is 390 g/mol. The third kappa shape index (κ3) is 3.66. The molecule has 0 aliphatic carbocycles. The van der Waals surface area contributed by atoms with Gasteiger partial charge in [-0.25, -0.2) is 10.4 Å². The van der Waals surface area contributed by atoms with Crippen LogP contribution >= 0.6 is 11.6 Å². The highest BCUT2D eigenvalue weighted by Crippen LogP contribution is 2.29. The normalized spacial score (nSPS) is 11.2. The summed E-state index contributed by atoms with van der Waals surface area (Å²) < 4.78 is 5.41. The Balaban J connectivity index is 1.71. The molecule has 2 heterocycles. The third-order valence-electron chi connectivity index (χ3n) is 4.23. The third-order valence-corrected chi connectivity index (χ3v) is 4.56. The molecule has 0 unspecified atom stereocenters. The summed E-state index contributed by atoms with van der Waals surface area (Å²) in [4.78, 5) is 17.5. The predicted molar refractivity (Wildman–Crippen MR) is 111 cm³/mol. The first-order valence-electron chi connectivity index (χ1n) is 8.66. The first kappa shape index (κ1) is 17.9. The summed E-state index contributed by atoms with van der Waals surface area (Å²) in [5.74, 6) is 0.998. The van der Waals surface area contributed by atoms with Crippen molar-refractivity contribution in [1.29, 1.82) is 0 Å². The number of furan rings is 1. The van der Waals surface area contributed by atoms with Crippen molar-refractivity contribution < 1.29 is 9.21 Å². The van der Waals surface area contributed by atoms with Gasteiger partial charge in [0, 0.05) is 16.0 Å². The van der Waals surface area contributed by atoms with E-state index in [2.05, 4.69) is 15.5 Å². The molecule has 2 aromatic heterocycles. The molecule has 6 heteroatoms. The van der Waals surface area contributed by atoms with Crippen LogP contribution in [0.25, 0.3) is 22.2 Å². The maximum Gasteiger partial charge on any atom is 0.272 e. The van der Waals surface area contributed by atoms with Crippen molar-refractivity contribution in [3.63, 3.8) is 0 Å². The number of carbonyl (C=O) groups excluding carboxylic acids is 1. The zero-order valence-electron chi connectivity index (χ0n) is 15.0. The maximum absolute atomic E-state index is 12.8. The predicted octanol–water partition coefficient (Wildman–Crippen LogP) is 5.22. The molecule has 2 aromatic carbocycles. The first-order chi connectivity index (χ1) is 13.6. The van der Waals surface area contributed by atoms with Gasteiger partial charge in [-0.1, -0.05) is 48.0 Å². The van der Waals surface area contributed by atoms with Crippen LogP contribution in [0.5, 0.6) is 0 Å². The Morgan fingerprint density at radius 2 is 1.89 bits per heavy atom. The smallest absolute Gasteiger partial charge is 0.272 e. The number of pyridine rings is 1. The number of amides is 1. The van der Waals surface area contributed by atoms with Crippen LogP contribution in [0.3, 0.4) is 0 Å². The van der Waals surface area contributed by atoms with E-state index in [-0.39, 0.29) is 5.91 Å². The van der Waals surface area contributed by atoms with Gasteiger partial charge >= 0.3 is 0 Å². The van der Waals surface area contributed by atoms with E-state index in [9.17, 15) is 4.79 Å². The van der Waals surface area contributed by atoms with Crippen LogP contribution in [0.1, 0.15) is 21.9 Å². The Bertz CT molecular complexity index is 1200. The van der Waals surface area contributed by atoms with Gasteiger partial charge in [0.1, 0.15) is 11.5 Å². The van der Waals surface area contributed by atoms with E-state index in [4.69, 9.17) is 16.0 Å². The van der Waals surface area contributed by atoms with E-state index in [1.807, 2.05) is 55.5 Å². The number of carbonyl (C=O) groups is 1. The fraction of sp³-hybridized carbons (Fsp3) is 0.0455. The van der Waals surface area contributed by atoms with E-state index in [1.165, 1.54) is 6.21 Å². The van der Waals surface area contributed by atoms with Crippen molar-refractivity contribution in [2.24, 2.45) is 5.10 Å². The summed E-state index contributed by atoms with van der Waals surface area (Å²) in [5, 5.41) is 5.30. The van der Waals surface area contributed by atoms with E-state index >= 15 is 0 Å². The van der Waals surface area contributed by atoms with E-state index < -0.39 is 0 Å². The molecule has 0 saturated carbocycles. The lowest BCUT2D eigenvalue weighted by molar-refractivity contribution is 0.0956. The topological polar surface area (TPSA) is 67.5 Å². The molecule has 4 rings (SSSR count). The highest BCUT2D eigenvalue weighted by molar-refractivity contribution is 6.33. The minimum Gasteiger partial charge on any atom is -0.460 e. The van der Waals surface area contributed by atoms with Gasteiger partial charge in [0.05, 0.1) is 23.0 Å². The molecular weight excluding hydrogens is 374 g/mol. The number of hydrazone groups is 1. The van der Waals surface area contributed by atoms with Gasteiger partial charge in [-0.3, -0.25) is 4.79 Å². The number of benzene rings is 2. The van der Waals surface area contributed by atoms with E-state index in [1.54, 1.807) is 18.2 Å². The number of aromatic nitrogens is 1. The van der Waals surface area contributed by atoms with Crippen LogP contribution in [0, 0.1) is 6.92 Å². The van der Waals surface area contributed by atoms with Crippen molar-refractivity contribution in [3.05, 3.63) is 88.8 Å². The van der Waals surface area contributed by atoms with Crippen LogP contribution in [-0.4, -0.2) is 17.1 Å². The second-order valence-corrected chi connectivity index (χ2v) is 6.61. The van der Waals surface area contributed by atoms with Crippen molar-refractivity contribution in [3.8, 4) is 11.3 Å². The van der Waals surface area contributed by atoms with Crippen LogP contribution in [0.2, 0.25) is 5.02 Å². The van der Waals surface area contributed by atoms with Crippen molar-refractivity contribution >= 4 is 34.6 Å². The summed E-state index contributed by atoms with van der Waals surface area (Å²) in [5.41, 5.74) is 5.11. The SMILES string of the molecule is Cc1ccc(/C=N/NC(=O)c2cc(-c3ccccc3Cl)nc3ccccc23)o1. The lowest BCUT2D eigenvalue weighted by Crippen LogP contribution is -2.18. The monoisotopic (exact) mass is 389 g/mol. The highest BCUT2D eigenvalue weighted by atomic mass is 35.5. The summed E-state index contributed by atoms with van der Waals surface area (Å²) in [6, 6.07) is 20.2. The second-order valence-electron chi connectivity index (χ2n) is 6.20. The van der Waals surface area contributed by atoms with Crippen molar-refractivity contribution in [2.75, 3.05) is 0 Å². The quantitative estimate of drug-likeness (QED) is 0.384. The number of halogens is 1. The molecule has 5 nitrogen and oxygen atoms in total. The van der Waals surface area contributed by atoms with Crippen LogP contribution < -0.4 is 5.43 Å². The van der Waals surface area contributed by atoms with E-state index in [0.29, 0.717) is 27.6 Å². The standard InChI is InChI=1S/C22H16ClN3O2/c1-14-10-11-15(28-14)13-24-26-22(27)18-12-21(17-7-2-4-8-19(17)23)25-20-9-5-3-6-16(18)20/h2-13H,1H3,(H,26,27)/b24-13+. The Hall–Kier alpha value is -3.44. The number of hydrogen-bond donors (Lipinski definition) is 1. The molecule has 0 radical (unpaired) electrons.